The Labute approximate surface area is 255 Å². The van der Waals surface area contributed by atoms with Crippen LogP contribution in [0.5, 0.6) is 11.5 Å². The number of aryl methyl sites for hydroxylation is 1. The van der Waals surface area contributed by atoms with Crippen molar-refractivity contribution in [2.24, 2.45) is 4.99 Å². The van der Waals surface area contributed by atoms with E-state index in [0.29, 0.717) is 37.7 Å². The van der Waals surface area contributed by atoms with E-state index in [1.165, 1.54) is 11.3 Å². The molecule has 5 rings (SSSR count). The third-order valence-corrected chi connectivity index (χ3v) is 8.78. The van der Waals surface area contributed by atoms with Gasteiger partial charge in [-0.1, -0.05) is 17.4 Å². The van der Waals surface area contributed by atoms with Gasteiger partial charge in [0.1, 0.15) is 0 Å². The molecule has 0 spiro atoms. The van der Waals surface area contributed by atoms with Gasteiger partial charge in [0.05, 0.1) is 42.7 Å². The maximum absolute atomic E-state index is 14.1. The fourth-order valence-corrected chi connectivity index (χ4v) is 6.59. The van der Waals surface area contributed by atoms with Crippen LogP contribution in [0.1, 0.15) is 42.4 Å². The maximum atomic E-state index is 14.1. The van der Waals surface area contributed by atoms with Crippen LogP contribution in [-0.2, 0) is 9.53 Å². The average Bonchev–Trinajstić information content (AvgIpc) is 3.41. The van der Waals surface area contributed by atoms with Crippen LogP contribution in [-0.4, -0.2) is 35.9 Å². The summed E-state index contributed by atoms with van der Waals surface area (Å²) < 4.78 is 21.8. The minimum Gasteiger partial charge on any atom is -0.493 e. The number of hydrogen-bond acceptors (Lipinski definition) is 7. The summed E-state index contributed by atoms with van der Waals surface area (Å²) in [6.07, 6.45) is 1.91. The minimum atomic E-state index is -0.744. The Kier molecular flexibility index (Phi) is 8.23. The molecule has 0 fully saturated rings. The molecule has 212 valence electrons. The van der Waals surface area contributed by atoms with Crippen LogP contribution in [0, 0.1) is 17.4 Å². The van der Waals surface area contributed by atoms with Crippen LogP contribution in [0.2, 0.25) is 0 Å². The fourth-order valence-electron chi connectivity index (χ4n) is 5.19. The van der Waals surface area contributed by atoms with Gasteiger partial charge in [0, 0.05) is 20.6 Å². The van der Waals surface area contributed by atoms with E-state index in [4.69, 9.17) is 14.2 Å². The summed E-state index contributed by atoms with van der Waals surface area (Å²) in [4.78, 5) is 32.5. The van der Waals surface area contributed by atoms with Crippen molar-refractivity contribution in [1.82, 2.24) is 9.13 Å². The number of rotatable bonds is 7. The Hall–Kier alpha value is -3.64. The summed E-state index contributed by atoms with van der Waals surface area (Å²) in [5, 5.41) is 0. The van der Waals surface area contributed by atoms with Gasteiger partial charge < -0.3 is 18.8 Å². The first-order valence-corrected chi connectivity index (χ1v) is 14.9. The van der Waals surface area contributed by atoms with Crippen molar-refractivity contribution < 1.29 is 19.0 Å². The predicted octanol–water partition coefficient (Wildman–Crippen LogP) is 4.83. The first-order chi connectivity index (χ1) is 19.7. The number of carbonyl (C=O) groups excluding carboxylic acids is 1. The lowest BCUT2D eigenvalue weighted by Crippen LogP contribution is -2.40. The number of methoxy groups -OCH3 is 2. The molecule has 8 nitrogen and oxygen atoms in total. The maximum Gasteiger partial charge on any atom is 0.338 e. The number of benzene rings is 2. The van der Waals surface area contributed by atoms with Crippen molar-refractivity contribution in [1.29, 1.82) is 0 Å². The molecule has 0 radical (unpaired) electrons. The summed E-state index contributed by atoms with van der Waals surface area (Å²) >= 11 is 3.59. The van der Waals surface area contributed by atoms with Crippen LogP contribution in [0.25, 0.3) is 11.8 Å². The monoisotopic (exact) mass is 683 g/mol. The molecule has 0 saturated carbocycles. The van der Waals surface area contributed by atoms with Crippen molar-refractivity contribution in [2.45, 2.75) is 33.7 Å². The van der Waals surface area contributed by atoms with Crippen LogP contribution in [0.15, 0.2) is 69.6 Å². The van der Waals surface area contributed by atoms with Gasteiger partial charge in [-0.15, -0.1) is 0 Å². The lowest BCUT2D eigenvalue weighted by Gasteiger charge is -2.25. The number of aromatic nitrogens is 2. The molecule has 0 aliphatic carbocycles. The molecule has 1 aliphatic rings. The standard InChI is InChI=1S/C31H30IN3O5S/c1-7-40-30(37)27-18(3)33-31-35(28(27)20-8-13-24(38-5)25(15-20)39-6)29(36)26(41-31)16-21-14-17(2)34(19(21)4)23-11-9-22(32)10-12-23/h8-16,28H,7H2,1-6H3/b26-16+. The fraction of sp³-hybridized carbons (Fsp3) is 0.258. The molecular formula is C31H30IN3O5S. The zero-order valence-electron chi connectivity index (χ0n) is 23.6. The lowest BCUT2D eigenvalue weighted by atomic mass is 9.95. The zero-order chi connectivity index (χ0) is 29.4. The number of nitrogens with zero attached hydrogens (tertiary/aromatic N) is 3. The molecule has 41 heavy (non-hydrogen) atoms. The number of fused-ring (bicyclic) bond motifs is 1. The van der Waals surface area contributed by atoms with E-state index in [1.54, 1.807) is 44.8 Å². The molecular weight excluding hydrogens is 653 g/mol. The third-order valence-electron chi connectivity index (χ3n) is 7.08. The van der Waals surface area contributed by atoms with Crippen molar-refractivity contribution in [2.75, 3.05) is 20.8 Å². The van der Waals surface area contributed by atoms with E-state index in [2.05, 4.69) is 69.4 Å². The first-order valence-electron chi connectivity index (χ1n) is 13.0. The van der Waals surface area contributed by atoms with Gasteiger partial charge in [0.2, 0.25) is 0 Å². The number of hydrogen-bond donors (Lipinski definition) is 0. The summed E-state index contributed by atoms with van der Waals surface area (Å²) in [5.41, 5.74) is 5.36. The Balaban J connectivity index is 1.70. The molecule has 0 saturated heterocycles. The van der Waals surface area contributed by atoms with Crippen LogP contribution >= 0.6 is 33.9 Å². The molecule has 1 aliphatic heterocycles. The molecule has 10 heteroatoms. The van der Waals surface area contributed by atoms with Crippen LogP contribution < -0.4 is 24.4 Å². The number of allylic oxidation sites excluding steroid dienone is 1. The summed E-state index contributed by atoms with van der Waals surface area (Å²) in [6, 6.07) is 15.0. The SMILES string of the molecule is CCOC(=O)C1=C(C)N=c2s/c(=C/c3cc(C)n(-c4ccc(I)cc4)c3C)c(=O)n2C1c1ccc(OC)c(OC)c1. The second kappa shape index (κ2) is 11.7. The van der Waals surface area contributed by atoms with Crippen molar-refractivity contribution in [3.05, 3.63) is 106 Å². The second-order valence-electron chi connectivity index (χ2n) is 9.55. The number of halogens is 1. The van der Waals surface area contributed by atoms with Gasteiger partial charge >= 0.3 is 5.97 Å². The molecule has 2 aromatic heterocycles. The highest BCUT2D eigenvalue weighted by atomic mass is 127. The molecule has 0 bridgehead atoms. The average molecular weight is 684 g/mol. The Morgan fingerprint density at radius 1 is 1.05 bits per heavy atom. The normalized spacial score (nSPS) is 15.0. The van der Waals surface area contributed by atoms with Gasteiger partial charge in [-0.05, 0) is 110 Å². The van der Waals surface area contributed by atoms with Gasteiger partial charge in [0.15, 0.2) is 16.3 Å². The number of ether oxygens (including phenoxy) is 3. The topological polar surface area (TPSA) is 84.1 Å². The molecule has 2 aromatic carbocycles. The highest BCUT2D eigenvalue weighted by Gasteiger charge is 2.34. The smallest absolute Gasteiger partial charge is 0.338 e. The van der Waals surface area contributed by atoms with E-state index in [1.807, 2.05) is 19.1 Å². The minimum absolute atomic E-state index is 0.203. The lowest BCUT2D eigenvalue weighted by molar-refractivity contribution is -0.139. The van der Waals surface area contributed by atoms with Gasteiger partial charge in [0.25, 0.3) is 5.56 Å². The van der Waals surface area contributed by atoms with E-state index in [0.717, 1.165) is 26.2 Å². The molecule has 4 aromatic rings. The van der Waals surface area contributed by atoms with Crippen molar-refractivity contribution >= 4 is 46.0 Å². The number of carbonyl (C=O) groups is 1. The summed E-state index contributed by atoms with van der Waals surface area (Å²) in [5.74, 6) is 0.530. The van der Waals surface area contributed by atoms with Gasteiger partial charge in [-0.25, -0.2) is 9.79 Å². The molecule has 1 atom stereocenters. The van der Waals surface area contributed by atoms with Crippen LogP contribution in [0.3, 0.4) is 0 Å². The summed E-state index contributed by atoms with van der Waals surface area (Å²) in [6.45, 7) is 7.82. The zero-order valence-corrected chi connectivity index (χ0v) is 26.6. The molecule has 0 amide bonds. The van der Waals surface area contributed by atoms with E-state index < -0.39 is 12.0 Å². The second-order valence-corrected chi connectivity index (χ2v) is 11.8. The predicted molar refractivity (Wildman–Crippen MR) is 168 cm³/mol. The highest BCUT2D eigenvalue weighted by Crippen LogP contribution is 2.36. The quantitative estimate of drug-likeness (QED) is 0.206. The number of thiazole rings is 1. The third kappa shape index (κ3) is 5.26. The van der Waals surface area contributed by atoms with E-state index >= 15 is 0 Å². The largest absolute Gasteiger partial charge is 0.493 e. The Bertz CT molecular complexity index is 1860. The number of esters is 1. The first kappa shape index (κ1) is 28.9. The Morgan fingerprint density at radius 3 is 2.41 bits per heavy atom. The molecule has 3 heterocycles. The molecule has 0 N–H and O–H groups in total. The summed E-state index contributed by atoms with van der Waals surface area (Å²) in [7, 11) is 3.11. The van der Waals surface area contributed by atoms with E-state index in [-0.39, 0.29) is 12.2 Å². The van der Waals surface area contributed by atoms with Gasteiger partial charge in [-0.2, -0.15) is 0 Å². The van der Waals surface area contributed by atoms with E-state index in [9.17, 15) is 9.59 Å². The van der Waals surface area contributed by atoms with Crippen LogP contribution in [0.4, 0.5) is 0 Å². The van der Waals surface area contributed by atoms with Gasteiger partial charge in [-0.3, -0.25) is 9.36 Å². The van der Waals surface area contributed by atoms with Crippen molar-refractivity contribution in [3.63, 3.8) is 0 Å². The van der Waals surface area contributed by atoms with Crippen molar-refractivity contribution in [3.8, 4) is 17.2 Å². The Morgan fingerprint density at radius 2 is 1.76 bits per heavy atom. The molecule has 1 unspecified atom stereocenters. The highest BCUT2D eigenvalue weighted by molar-refractivity contribution is 14.1.